The lowest BCUT2D eigenvalue weighted by Gasteiger charge is -2.30. The predicted molar refractivity (Wildman–Crippen MR) is 113 cm³/mol. The summed E-state index contributed by atoms with van der Waals surface area (Å²) in [4.78, 5) is 16.8. The van der Waals surface area contributed by atoms with Gasteiger partial charge in [0.15, 0.2) is 16.8 Å². The third kappa shape index (κ3) is 4.25. The Morgan fingerprint density at radius 2 is 1.94 bits per heavy atom. The number of halogens is 2. The monoisotopic (exact) mass is 467 g/mol. The summed E-state index contributed by atoms with van der Waals surface area (Å²) in [5, 5.41) is 3.25. The van der Waals surface area contributed by atoms with Crippen LogP contribution in [0.15, 0.2) is 41.3 Å². The molecular formula is C20H19F2N3O4S2. The van der Waals surface area contributed by atoms with E-state index in [2.05, 4.69) is 10.3 Å². The molecule has 0 radical (unpaired) electrons. The number of benzene rings is 2. The number of rotatable bonds is 5. The average Bonchev–Trinajstić information content (AvgIpc) is 3.18. The van der Waals surface area contributed by atoms with Crippen molar-refractivity contribution in [2.24, 2.45) is 5.92 Å². The Bertz CT molecular complexity index is 1240. The highest BCUT2D eigenvalue weighted by Crippen LogP contribution is 2.33. The van der Waals surface area contributed by atoms with Crippen molar-refractivity contribution in [2.75, 3.05) is 25.5 Å². The predicted octanol–water partition coefficient (Wildman–Crippen LogP) is 3.62. The SMILES string of the molecule is COc1cccc2sc(NC(=O)C3CCN(S(=O)(=O)c4ccc(F)c(F)c4)CC3)nc12. The lowest BCUT2D eigenvalue weighted by Crippen LogP contribution is -2.41. The number of carbonyl (C=O) groups is 1. The summed E-state index contributed by atoms with van der Waals surface area (Å²) >= 11 is 1.33. The molecule has 0 atom stereocenters. The lowest BCUT2D eigenvalue weighted by molar-refractivity contribution is -0.120. The summed E-state index contributed by atoms with van der Waals surface area (Å²) in [7, 11) is -2.41. The Hall–Kier alpha value is -2.63. The number of nitrogens with one attached hydrogen (secondary N) is 1. The third-order valence-electron chi connectivity index (χ3n) is 5.19. The van der Waals surface area contributed by atoms with E-state index in [9.17, 15) is 22.0 Å². The molecule has 1 N–H and O–H groups in total. The van der Waals surface area contributed by atoms with Crippen molar-refractivity contribution < 1.29 is 26.7 Å². The van der Waals surface area contributed by atoms with Crippen molar-refractivity contribution >= 4 is 42.6 Å². The molecule has 2 heterocycles. The number of amides is 1. The van der Waals surface area contributed by atoms with Gasteiger partial charge >= 0.3 is 0 Å². The van der Waals surface area contributed by atoms with E-state index in [0.717, 1.165) is 16.8 Å². The van der Waals surface area contributed by atoms with E-state index in [1.807, 2.05) is 12.1 Å². The minimum absolute atomic E-state index is 0.104. The molecule has 2 aromatic carbocycles. The summed E-state index contributed by atoms with van der Waals surface area (Å²) in [6.07, 6.45) is 0.617. The molecule has 31 heavy (non-hydrogen) atoms. The molecule has 1 amide bonds. The highest BCUT2D eigenvalue weighted by Gasteiger charge is 2.32. The molecule has 0 bridgehead atoms. The minimum Gasteiger partial charge on any atom is -0.494 e. The number of ether oxygens (including phenoxy) is 1. The van der Waals surface area contributed by atoms with Crippen LogP contribution in [0.1, 0.15) is 12.8 Å². The number of anilines is 1. The number of para-hydroxylation sites is 1. The van der Waals surface area contributed by atoms with Crippen LogP contribution >= 0.6 is 11.3 Å². The van der Waals surface area contributed by atoms with Gasteiger partial charge in [0.2, 0.25) is 15.9 Å². The maximum atomic E-state index is 13.5. The Kier molecular flexibility index (Phi) is 5.91. The first-order valence-electron chi connectivity index (χ1n) is 9.49. The fourth-order valence-electron chi connectivity index (χ4n) is 3.49. The van der Waals surface area contributed by atoms with Gasteiger partial charge in [-0.3, -0.25) is 4.79 Å². The maximum Gasteiger partial charge on any atom is 0.243 e. The molecule has 0 unspecified atom stereocenters. The van der Waals surface area contributed by atoms with Crippen LogP contribution in [0.3, 0.4) is 0 Å². The van der Waals surface area contributed by atoms with E-state index in [1.54, 1.807) is 13.2 Å². The number of hydrogen-bond donors (Lipinski definition) is 1. The van der Waals surface area contributed by atoms with Crippen molar-refractivity contribution in [3.8, 4) is 5.75 Å². The van der Waals surface area contributed by atoms with Gasteiger partial charge in [-0.05, 0) is 43.2 Å². The molecule has 1 saturated heterocycles. The fraction of sp³-hybridized carbons (Fsp3) is 0.300. The van der Waals surface area contributed by atoms with Gasteiger partial charge in [0, 0.05) is 19.0 Å². The first-order chi connectivity index (χ1) is 14.8. The van der Waals surface area contributed by atoms with Gasteiger partial charge in [0.25, 0.3) is 0 Å². The number of nitrogens with zero attached hydrogens (tertiary/aromatic N) is 2. The molecule has 1 aliphatic heterocycles. The molecule has 7 nitrogen and oxygen atoms in total. The van der Waals surface area contributed by atoms with E-state index in [0.29, 0.717) is 35.3 Å². The molecule has 1 fully saturated rings. The number of fused-ring (bicyclic) bond motifs is 1. The number of hydrogen-bond acceptors (Lipinski definition) is 6. The molecule has 164 valence electrons. The summed E-state index contributed by atoms with van der Waals surface area (Å²) in [5.41, 5.74) is 0.665. The summed E-state index contributed by atoms with van der Waals surface area (Å²) in [6, 6.07) is 8.01. The first-order valence-corrected chi connectivity index (χ1v) is 11.7. The Labute approximate surface area is 181 Å². The average molecular weight is 468 g/mol. The summed E-state index contributed by atoms with van der Waals surface area (Å²) in [6.45, 7) is 0.208. The van der Waals surface area contributed by atoms with Gasteiger partial charge in [-0.1, -0.05) is 17.4 Å². The van der Waals surface area contributed by atoms with E-state index in [-0.39, 0.29) is 29.8 Å². The van der Waals surface area contributed by atoms with Crippen molar-refractivity contribution in [1.82, 2.24) is 9.29 Å². The third-order valence-corrected chi connectivity index (χ3v) is 8.02. The van der Waals surface area contributed by atoms with Crippen LogP contribution in [0.5, 0.6) is 5.75 Å². The molecular weight excluding hydrogens is 448 g/mol. The summed E-state index contributed by atoms with van der Waals surface area (Å²) < 4.78 is 59.3. The van der Waals surface area contributed by atoms with Gasteiger partial charge in [-0.25, -0.2) is 22.2 Å². The Morgan fingerprint density at radius 1 is 1.19 bits per heavy atom. The lowest BCUT2D eigenvalue weighted by atomic mass is 9.97. The second-order valence-electron chi connectivity index (χ2n) is 7.07. The standard InChI is InChI=1S/C20H19F2N3O4S2/c1-29-16-3-2-4-17-18(16)23-20(30-17)24-19(26)12-7-9-25(10-8-12)31(27,28)13-5-6-14(21)15(22)11-13/h2-6,11-12H,7-10H2,1H3,(H,23,24,26). The smallest absolute Gasteiger partial charge is 0.243 e. The fourth-order valence-corrected chi connectivity index (χ4v) is 5.86. The van der Waals surface area contributed by atoms with Crippen LogP contribution < -0.4 is 10.1 Å². The minimum atomic E-state index is -3.96. The molecule has 0 spiro atoms. The number of methoxy groups -OCH3 is 1. The van der Waals surface area contributed by atoms with Gasteiger partial charge in [0.1, 0.15) is 11.3 Å². The van der Waals surface area contributed by atoms with Crippen molar-refractivity contribution in [1.29, 1.82) is 0 Å². The van der Waals surface area contributed by atoms with Crippen molar-refractivity contribution in [3.05, 3.63) is 48.0 Å². The number of aromatic nitrogens is 1. The van der Waals surface area contributed by atoms with Crippen molar-refractivity contribution in [2.45, 2.75) is 17.7 Å². The van der Waals surface area contributed by atoms with E-state index in [1.165, 1.54) is 15.6 Å². The van der Waals surface area contributed by atoms with Crippen molar-refractivity contribution in [3.63, 3.8) is 0 Å². The topological polar surface area (TPSA) is 88.6 Å². The number of piperidine rings is 1. The van der Waals surface area contributed by atoms with E-state index < -0.39 is 21.7 Å². The van der Waals surface area contributed by atoms with Crippen LogP contribution in [-0.4, -0.2) is 43.8 Å². The second-order valence-corrected chi connectivity index (χ2v) is 10.0. The van der Waals surface area contributed by atoms with Crippen LogP contribution in [0.4, 0.5) is 13.9 Å². The van der Waals surface area contributed by atoms with E-state index in [4.69, 9.17) is 4.74 Å². The molecule has 0 aliphatic carbocycles. The number of thiazole rings is 1. The van der Waals surface area contributed by atoms with Crippen LogP contribution in [0.25, 0.3) is 10.2 Å². The van der Waals surface area contributed by atoms with Gasteiger partial charge in [0.05, 0.1) is 16.7 Å². The number of carbonyl (C=O) groups excluding carboxylic acids is 1. The first kappa shape index (κ1) is 21.6. The zero-order valence-corrected chi connectivity index (χ0v) is 18.1. The zero-order chi connectivity index (χ0) is 22.2. The molecule has 1 aromatic heterocycles. The quantitative estimate of drug-likeness (QED) is 0.619. The molecule has 4 rings (SSSR count). The highest BCUT2D eigenvalue weighted by atomic mass is 32.2. The zero-order valence-electron chi connectivity index (χ0n) is 16.5. The summed E-state index contributed by atoms with van der Waals surface area (Å²) in [5.74, 6) is -2.33. The largest absolute Gasteiger partial charge is 0.494 e. The molecule has 0 saturated carbocycles. The van der Waals surface area contributed by atoms with E-state index >= 15 is 0 Å². The molecule has 11 heteroatoms. The number of sulfonamides is 1. The Balaban J connectivity index is 1.41. The van der Waals surface area contributed by atoms with Crippen LogP contribution in [-0.2, 0) is 14.8 Å². The second kappa shape index (κ2) is 8.48. The Morgan fingerprint density at radius 3 is 2.61 bits per heavy atom. The molecule has 3 aromatic rings. The normalized spacial score (nSPS) is 15.8. The highest BCUT2D eigenvalue weighted by molar-refractivity contribution is 7.89. The molecule has 1 aliphatic rings. The maximum absolute atomic E-state index is 13.5. The van der Waals surface area contributed by atoms with Crippen LogP contribution in [0.2, 0.25) is 0 Å². The van der Waals surface area contributed by atoms with Gasteiger partial charge < -0.3 is 10.1 Å². The van der Waals surface area contributed by atoms with Crippen LogP contribution in [0, 0.1) is 17.6 Å². The van der Waals surface area contributed by atoms with Gasteiger partial charge in [-0.2, -0.15) is 4.31 Å². The van der Waals surface area contributed by atoms with Gasteiger partial charge in [-0.15, -0.1) is 0 Å².